The van der Waals surface area contributed by atoms with Gasteiger partial charge in [-0.1, -0.05) is 92.7 Å². The van der Waals surface area contributed by atoms with E-state index in [1.54, 1.807) is 0 Å². The summed E-state index contributed by atoms with van der Waals surface area (Å²) in [6, 6.07) is 42.6. The molecule has 4 aromatic carbocycles. The van der Waals surface area contributed by atoms with Crippen molar-refractivity contribution < 1.29 is 0 Å². The zero-order valence-corrected chi connectivity index (χ0v) is 18.1. The van der Waals surface area contributed by atoms with E-state index >= 15 is 0 Å². The Morgan fingerprint density at radius 2 is 0.897 bits per heavy atom. The van der Waals surface area contributed by atoms with Crippen molar-refractivity contribution in [3.05, 3.63) is 126 Å². The molecule has 0 aliphatic rings. The first-order chi connectivity index (χ1) is 14.2. The van der Waals surface area contributed by atoms with E-state index in [1.807, 2.05) is 0 Å². The highest BCUT2D eigenvalue weighted by atomic mass is 31.2. The molecule has 0 aliphatic carbocycles. The molecule has 4 aromatic rings. The topological polar surface area (TPSA) is 0 Å². The summed E-state index contributed by atoms with van der Waals surface area (Å²) in [6.45, 7) is 4.51. The second-order valence-electron chi connectivity index (χ2n) is 7.87. The molecule has 0 saturated carbocycles. The van der Waals surface area contributed by atoms with Gasteiger partial charge in [0, 0.05) is 0 Å². The van der Waals surface area contributed by atoms with E-state index in [1.165, 1.54) is 27.0 Å². The first kappa shape index (κ1) is 19.6. The number of benzene rings is 4. The number of hydrogen-bond acceptors (Lipinski definition) is 0. The largest absolute Gasteiger partial charge is 0.116 e. The minimum absolute atomic E-state index is 0.556. The highest BCUT2D eigenvalue weighted by Gasteiger charge is 2.45. The monoisotopic (exact) mass is 395 g/mol. The third-order valence-electron chi connectivity index (χ3n) is 5.66. The van der Waals surface area contributed by atoms with Gasteiger partial charge in [-0.15, -0.1) is 0 Å². The molecular weight excluding hydrogens is 367 g/mol. The normalized spacial score (nSPS) is 11.6. The average Bonchev–Trinajstić information content (AvgIpc) is 2.79. The molecule has 29 heavy (non-hydrogen) atoms. The molecule has 0 unspecified atom stereocenters. The zero-order valence-electron chi connectivity index (χ0n) is 17.2. The molecule has 0 amide bonds. The van der Waals surface area contributed by atoms with Crippen molar-refractivity contribution >= 4 is 23.2 Å². The fourth-order valence-electron chi connectivity index (χ4n) is 4.05. The molecule has 0 radical (unpaired) electrons. The molecule has 0 nitrogen and oxygen atoms in total. The molecule has 0 bridgehead atoms. The van der Waals surface area contributed by atoms with Crippen LogP contribution in [0.2, 0.25) is 0 Å². The summed E-state index contributed by atoms with van der Waals surface area (Å²) in [5.74, 6) is 0.556. The predicted octanol–water partition coefficient (Wildman–Crippen LogP) is 6.30. The van der Waals surface area contributed by atoms with Crippen LogP contribution in [0.5, 0.6) is 0 Å². The van der Waals surface area contributed by atoms with Gasteiger partial charge in [0.05, 0.1) is 6.16 Å². The van der Waals surface area contributed by atoms with Gasteiger partial charge >= 0.3 is 0 Å². The Morgan fingerprint density at radius 1 is 0.517 bits per heavy atom. The van der Waals surface area contributed by atoms with Gasteiger partial charge in [0.15, 0.2) is 0 Å². The van der Waals surface area contributed by atoms with E-state index in [4.69, 9.17) is 0 Å². The zero-order chi connectivity index (χ0) is 20.1. The van der Waals surface area contributed by atoms with Crippen LogP contribution in [0.15, 0.2) is 115 Å². The van der Waals surface area contributed by atoms with Gasteiger partial charge < -0.3 is 0 Å². The van der Waals surface area contributed by atoms with Crippen LogP contribution in [0, 0.1) is 0 Å². The van der Waals surface area contributed by atoms with Crippen molar-refractivity contribution in [1.82, 2.24) is 0 Å². The van der Waals surface area contributed by atoms with Crippen LogP contribution < -0.4 is 15.9 Å². The molecule has 144 valence electrons. The van der Waals surface area contributed by atoms with Gasteiger partial charge in [-0.2, -0.15) is 0 Å². The van der Waals surface area contributed by atoms with Crippen LogP contribution in [-0.4, -0.2) is 0 Å². The third-order valence-corrected chi connectivity index (χ3v) is 10.0. The molecule has 0 N–H and O–H groups in total. The lowest BCUT2D eigenvalue weighted by Crippen LogP contribution is -2.32. The summed E-state index contributed by atoms with van der Waals surface area (Å²) in [5.41, 5.74) is 2.80. The fraction of sp³-hybridized carbons (Fsp3) is 0.143. The highest BCUT2D eigenvalue weighted by Crippen LogP contribution is 2.58. The van der Waals surface area contributed by atoms with Crippen molar-refractivity contribution in [3.8, 4) is 0 Å². The molecular formula is C28H28P+. The van der Waals surface area contributed by atoms with Gasteiger partial charge in [-0.3, -0.25) is 0 Å². The second kappa shape index (κ2) is 8.76. The summed E-state index contributed by atoms with van der Waals surface area (Å²) in [6.07, 6.45) is 1.03. The second-order valence-corrected chi connectivity index (χ2v) is 11.4. The highest BCUT2D eigenvalue weighted by molar-refractivity contribution is 7.95. The van der Waals surface area contributed by atoms with E-state index in [0.29, 0.717) is 5.92 Å². The van der Waals surface area contributed by atoms with Gasteiger partial charge in [0.2, 0.25) is 0 Å². The van der Waals surface area contributed by atoms with E-state index in [0.717, 1.165) is 6.16 Å². The van der Waals surface area contributed by atoms with Gasteiger partial charge in [0.25, 0.3) is 0 Å². The molecule has 0 saturated heterocycles. The maximum Gasteiger partial charge on any atom is 0.116 e. The Kier molecular flexibility index (Phi) is 5.93. The van der Waals surface area contributed by atoms with Crippen LogP contribution >= 0.6 is 7.26 Å². The first-order valence-corrected chi connectivity index (χ1v) is 12.3. The van der Waals surface area contributed by atoms with Crippen LogP contribution in [0.1, 0.15) is 30.9 Å². The molecule has 0 heterocycles. The van der Waals surface area contributed by atoms with Crippen molar-refractivity contribution in [2.75, 3.05) is 0 Å². The minimum atomic E-state index is -1.81. The summed E-state index contributed by atoms with van der Waals surface area (Å²) in [7, 11) is -1.81. The van der Waals surface area contributed by atoms with Crippen molar-refractivity contribution in [1.29, 1.82) is 0 Å². The Hall–Kier alpha value is -2.69. The van der Waals surface area contributed by atoms with Gasteiger partial charge in [-0.05, 0) is 53.4 Å². The van der Waals surface area contributed by atoms with Crippen LogP contribution in [0.4, 0.5) is 0 Å². The Labute approximate surface area is 175 Å². The molecule has 0 aliphatic heterocycles. The minimum Gasteiger partial charge on any atom is -0.0620 e. The van der Waals surface area contributed by atoms with E-state index in [2.05, 4.69) is 129 Å². The maximum atomic E-state index is 2.33. The van der Waals surface area contributed by atoms with Gasteiger partial charge in [0.1, 0.15) is 23.2 Å². The van der Waals surface area contributed by atoms with Crippen molar-refractivity contribution in [3.63, 3.8) is 0 Å². The molecule has 0 fully saturated rings. The molecule has 4 rings (SSSR count). The SMILES string of the molecule is CC(C)c1ccc(C[P+](c2ccccc2)(c2ccccc2)c2ccccc2)cc1. The fourth-order valence-corrected chi connectivity index (χ4v) is 8.29. The van der Waals surface area contributed by atoms with Crippen molar-refractivity contribution in [2.24, 2.45) is 0 Å². The number of rotatable bonds is 6. The Balaban J connectivity index is 1.92. The number of hydrogen-bond donors (Lipinski definition) is 0. The Bertz CT molecular complexity index is 923. The quantitative estimate of drug-likeness (QED) is 0.336. The third kappa shape index (κ3) is 4.04. The summed E-state index contributed by atoms with van der Waals surface area (Å²) >= 11 is 0. The van der Waals surface area contributed by atoms with E-state index in [-0.39, 0.29) is 0 Å². The van der Waals surface area contributed by atoms with Gasteiger partial charge in [-0.25, -0.2) is 0 Å². The molecule has 0 spiro atoms. The lowest BCUT2D eigenvalue weighted by molar-refractivity contribution is 0.866. The summed E-state index contributed by atoms with van der Waals surface area (Å²) in [4.78, 5) is 0. The predicted molar refractivity (Wildman–Crippen MR) is 129 cm³/mol. The van der Waals surface area contributed by atoms with Crippen molar-refractivity contribution in [2.45, 2.75) is 25.9 Å². The summed E-state index contributed by atoms with van der Waals surface area (Å²) < 4.78 is 0. The molecule has 1 heteroatoms. The average molecular weight is 396 g/mol. The van der Waals surface area contributed by atoms with Crippen LogP contribution in [-0.2, 0) is 6.16 Å². The first-order valence-electron chi connectivity index (χ1n) is 10.3. The molecule has 0 atom stereocenters. The maximum absolute atomic E-state index is 2.33. The molecule has 0 aromatic heterocycles. The van der Waals surface area contributed by atoms with Crippen LogP contribution in [0.3, 0.4) is 0 Å². The van der Waals surface area contributed by atoms with Crippen LogP contribution in [0.25, 0.3) is 0 Å². The summed E-state index contributed by atoms with van der Waals surface area (Å²) in [5, 5.41) is 4.31. The standard InChI is InChI=1S/C28H28P/c1-23(2)25-20-18-24(19-21-25)22-29(26-12-6-3-7-13-26,27-14-8-4-9-15-27)28-16-10-5-11-17-28/h3-21,23H,22H2,1-2H3/q+1. The van der Waals surface area contributed by atoms with E-state index < -0.39 is 7.26 Å². The lowest BCUT2D eigenvalue weighted by Gasteiger charge is -2.28. The lowest BCUT2D eigenvalue weighted by atomic mass is 10.0. The Morgan fingerprint density at radius 3 is 1.24 bits per heavy atom. The smallest absolute Gasteiger partial charge is 0.0620 e. The van der Waals surface area contributed by atoms with E-state index in [9.17, 15) is 0 Å².